The molecule has 0 bridgehead atoms. The van der Waals surface area contributed by atoms with E-state index >= 15 is 0 Å². The van der Waals surface area contributed by atoms with Gasteiger partial charge in [0.05, 0.1) is 29.1 Å². The smallest absolute Gasteiger partial charge is 0.395 e. The number of hydrogen-bond donors (Lipinski definition) is 4. The van der Waals surface area contributed by atoms with Crippen molar-refractivity contribution in [2.75, 3.05) is 13.2 Å². The van der Waals surface area contributed by atoms with Crippen LogP contribution >= 0.6 is 11.6 Å². The first kappa shape index (κ1) is 23.4. The van der Waals surface area contributed by atoms with E-state index < -0.39 is 30.5 Å². The number of carbonyl (C=O) groups excluding carboxylic acids is 1. The molecule has 0 fully saturated rings. The first-order valence-corrected chi connectivity index (χ1v) is 9.04. The van der Waals surface area contributed by atoms with E-state index in [-0.39, 0.29) is 34.1 Å². The second-order valence-corrected chi connectivity index (χ2v) is 6.58. The Bertz CT molecular complexity index is 944. The van der Waals surface area contributed by atoms with Crippen molar-refractivity contribution in [1.29, 1.82) is 0 Å². The van der Waals surface area contributed by atoms with Crippen LogP contribution in [0.1, 0.15) is 15.9 Å². The summed E-state index contributed by atoms with van der Waals surface area (Å²) in [5, 5.41) is 20.7. The largest absolute Gasteiger partial charge is 0.430 e. The lowest BCUT2D eigenvalue weighted by Gasteiger charge is -2.11. The molecule has 0 heterocycles. The Kier molecular flexibility index (Phi) is 7.99. The fraction of sp³-hybridized carbons (Fsp3) is 0.200. The van der Waals surface area contributed by atoms with E-state index in [0.717, 1.165) is 0 Å². The molecule has 0 radical (unpaired) electrons. The maximum absolute atomic E-state index is 12.9. The second kappa shape index (κ2) is 10.2. The van der Waals surface area contributed by atoms with Gasteiger partial charge in [-0.15, -0.1) is 0 Å². The summed E-state index contributed by atoms with van der Waals surface area (Å²) in [5.41, 5.74) is 4.44. The Balaban J connectivity index is 2.37. The Morgan fingerprint density at radius 1 is 1.17 bits per heavy atom. The van der Waals surface area contributed by atoms with Crippen LogP contribution in [0.15, 0.2) is 65.3 Å². The van der Waals surface area contributed by atoms with E-state index in [1.807, 2.05) is 0 Å². The van der Waals surface area contributed by atoms with Gasteiger partial charge in [-0.2, -0.15) is 13.2 Å². The molecule has 2 aromatic carbocycles. The molecule has 0 aliphatic heterocycles. The van der Waals surface area contributed by atoms with Crippen molar-refractivity contribution in [3.8, 4) is 0 Å². The first-order valence-electron chi connectivity index (χ1n) is 8.67. The molecule has 0 spiro atoms. The SMILES string of the molecule is N/C(=C\C(=Nc1ccccc1Cl)c1ccc(C(=O)NCC(O)CO)cc1)C(F)(F)F. The van der Waals surface area contributed by atoms with E-state index in [2.05, 4.69) is 10.3 Å². The highest BCUT2D eigenvalue weighted by molar-refractivity contribution is 6.33. The van der Waals surface area contributed by atoms with Crippen LogP contribution in [0, 0.1) is 0 Å². The van der Waals surface area contributed by atoms with Gasteiger partial charge in [-0.1, -0.05) is 35.9 Å². The van der Waals surface area contributed by atoms with Crippen LogP contribution in [0.25, 0.3) is 0 Å². The molecule has 30 heavy (non-hydrogen) atoms. The number of nitrogens with two attached hydrogens (primary N) is 1. The Morgan fingerprint density at radius 3 is 2.33 bits per heavy atom. The number of carbonyl (C=O) groups is 1. The topological polar surface area (TPSA) is 108 Å². The third kappa shape index (κ3) is 6.58. The zero-order valence-electron chi connectivity index (χ0n) is 15.5. The summed E-state index contributed by atoms with van der Waals surface area (Å²) >= 11 is 6.05. The number of amides is 1. The van der Waals surface area contributed by atoms with Gasteiger partial charge in [0.15, 0.2) is 0 Å². The molecule has 6 nitrogen and oxygen atoms in total. The van der Waals surface area contributed by atoms with Crippen LogP contribution in [0.5, 0.6) is 0 Å². The zero-order chi connectivity index (χ0) is 22.3. The fourth-order valence-electron chi connectivity index (χ4n) is 2.25. The van der Waals surface area contributed by atoms with Crippen LogP contribution < -0.4 is 11.1 Å². The van der Waals surface area contributed by atoms with E-state index in [9.17, 15) is 23.1 Å². The number of aliphatic hydroxyl groups excluding tert-OH is 2. The third-order valence-electron chi connectivity index (χ3n) is 3.86. The molecule has 5 N–H and O–H groups in total. The molecule has 0 saturated heterocycles. The fourth-order valence-corrected chi connectivity index (χ4v) is 2.43. The average Bonchev–Trinajstić information content (AvgIpc) is 2.72. The summed E-state index contributed by atoms with van der Waals surface area (Å²) < 4.78 is 38.8. The molecule has 0 aliphatic carbocycles. The molecule has 160 valence electrons. The molecule has 2 rings (SSSR count). The lowest BCUT2D eigenvalue weighted by molar-refractivity contribution is -0.0925. The van der Waals surface area contributed by atoms with Crippen molar-refractivity contribution in [2.45, 2.75) is 12.3 Å². The number of allylic oxidation sites excluding steroid dienone is 2. The first-order chi connectivity index (χ1) is 14.1. The number of benzene rings is 2. The zero-order valence-corrected chi connectivity index (χ0v) is 16.3. The Morgan fingerprint density at radius 2 is 1.77 bits per heavy atom. The number of nitrogens with zero attached hydrogens (tertiary/aromatic N) is 1. The Labute approximate surface area is 175 Å². The van der Waals surface area contributed by atoms with Crippen LogP contribution in [0.4, 0.5) is 18.9 Å². The molecule has 0 aromatic heterocycles. The Hall–Kier alpha value is -2.88. The van der Waals surface area contributed by atoms with Gasteiger partial charge in [0.25, 0.3) is 5.91 Å². The van der Waals surface area contributed by atoms with Crippen molar-refractivity contribution < 1.29 is 28.2 Å². The molecule has 0 aliphatic rings. The summed E-state index contributed by atoms with van der Waals surface area (Å²) in [6.07, 6.45) is -5.15. The molecular formula is C20H19ClF3N3O3. The van der Waals surface area contributed by atoms with E-state index in [1.54, 1.807) is 18.2 Å². The number of para-hydroxylation sites is 1. The molecule has 10 heteroatoms. The predicted octanol–water partition coefficient (Wildman–Crippen LogP) is 2.95. The molecular weight excluding hydrogens is 423 g/mol. The highest BCUT2D eigenvalue weighted by Crippen LogP contribution is 2.27. The van der Waals surface area contributed by atoms with Crippen molar-refractivity contribution in [2.24, 2.45) is 10.7 Å². The van der Waals surface area contributed by atoms with Crippen molar-refractivity contribution in [3.63, 3.8) is 0 Å². The number of rotatable bonds is 7. The maximum Gasteiger partial charge on any atom is 0.430 e. The summed E-state index contributed by atoms with van der Waals surface area (Å²) in [7, 11) is 0. The number of aliphatic imine (C=N–C) groups is 1. The van der Waals surface area contributed by atoms with E-state index in [0.29, 0.717) is 6.08 Å². The number of hydrogen-bond acceptors (Lipinski definition) is 5. The number of alkyl halides is 3. The van der Waals surface area contributed by atoms with Crippen LogP contribution in [0.3, 0.4) is 0 Å². The summed E-state index contributed by atoms with van der Waals surface area (Å²) in [6.45, 7) is -0.658. The van der Waals surface area contributed by atoms with Gasteiger partial charge >= 0.3 is 6.18 Å². The van der Waals surface area contributed by atoms with E-state index in [1.165, 1.54) is 30.3 Å². The van der Waals surface area contributed by atoms with Gasteiger partial charge in [-0.3, -0.25) is 4.79 Å². The lowest BCUT2D eigenvalue weighted by Crippen LogP contribution is -2.33. The van der Waals surface area contributed by atoms with Gasteiger partial charge in [0.1, 0.15) is 5.70 Å². The van der Waals surface area contributed by atoms with Gasteiger partial charge in [0, 0.05) is 17.7 Å². The van der Waals surface area contributed by atoms with Gasteiger partial charge in [-0.05, 0) is 30.3 Å². The minimum absolute atomic E-state index is 0.0967. The summed E-state index contributed by atoms with van der Waals surface area (Å²) in [6, 6.07) is 12.0. The average molecular weight is 442 g/mol. The highest BCUT2D eigenvalue weighted by Gasteiger charge is 2.31. The number of nitrogens with one attached hydrogen (secondary N) is 1. The predicted molar refractivity (Wildman–Crippen MR) is 108 cm³/mol. The van der Waals surface area contributed by atoms with Crippen molar-refractivity contribution >= 4 is 28.9 Å². The van der Waals surface area contributed by atoms with Crippen molar-refractivity contribution in [3.05, 3.63) is 76.5 Å². The van der Waals surface area contributed by atoms with Crippen LogP contribution in [-0.4, -0.2) is 47.3 Å². The number of halogens is 4. The molecule has 1 amide bonds. The highest BCUT2D eigenvalue weighted by atomic mass is 35.5. The minimum atomic E-state index is -4.74. The summed E-state index contributed by atoms with van der Waals surface area (Å²) in [5.74, 6) is -0.524. The standard InChI is InChI=1S/C20H19ClF3N3O3/c21-15-3-1-2-4-16(15)27-17(9-18(25)20(22,23)24)12-5-7-13(8-6-12)19(30)26-10-14(29)11-28/h1-9,14,28-29H,10-11,25H2,(H,26,30)/b18-9-,27-17?. The monoisotopic (exact) mass is 441 g/mol. The lowest BCUT2D eigenvalue weighted by atomic mass is 10.1. The van der Waals surface area contributed by atoms with Crippen LogP contribution in [-0.2, 0) is 0 Å². The molecule has 0 saturated carbocycles. The van der Waals surface area contributed by atoms with Crippen molar-refractivity contribution in [1.82, 2.24) is 5.32 Å². The molecule has 1 unspecified atom stereocenters. The van der Waals surface area contributed by atoms with Crippen LogP contribution in [0.2, 0.25) is 5.02 Å². The van der Waals surface area contributed by atoms with E-state index in [4.69, 9.17) is 22.4 Å². The minimum Gasteiger partial charge on any atom is -0.395 e. The quantitative estimate of drug-likeness (QED) is 0.495. The maximum atomic E-state index is 12.9. The summed E-state index contributed by atoms with van der Waals surface area (Å²) in [4.78, 5) is 16.3. The third-order valence-corrected chi connectivity index (χ3v) is 4.18. The van der Waals surface area contributed by atoms with Gasteiger partial charge < -0.3 is 21.3 Å². The molecule has 1 atom stereocenters. The van der Waals surface area contributed by atoms with Gasteiger partial charge in [0.2, 0.25) is 0 Å². The molecule has 2 aromatic rings. The normalized spacial score (nSPS) is 13.8. The van der Waals surface area contributed by atoms with Gasteiger partial charge in [-0.25, -0.2) is 4.99 Å². The number of aliphatic hydroxyl groups is 2. The second-order valence-electron chi connectivity index (χ2n) is 6.17.